The molecule has 0 radical (unpaired) electrons. The van der Waals surface area contributed by atoms with Gasteiger partial charge in [0, 0.05) is 30.4 Å². The summed E-state index contributed by atoms with van der Waals surface area (Å²) in [6.07, 6.45) is 8.06. The van der Waals surface area contributed by atoms with Gasteiger partial charge in [-0.25, -0.2) is 0 Å². The van der Waals surface area contributed by atoms with Crippen molar-refractivity contribution >= 4 is 15.9 Å². The molecule has 2 unspecified atom stereocenters. The molecule has 2 atom stereocenters. The molecule has 0 spiro atoms. The highest BCUT2D eigenvalue weighted by Crippen LogP contribution is 2.33. The van der Waals surface area contributed by atoms with Crippen LogP contribution in [0.25, 0.3) is 0 Å². The number of halogens is 1. The van der Waals surface area contributed by atoms with Crippen LogP contribution in [0, 0.1) is 0 Å². The van der Waals surface area contributed by atoms with Crippen LogP contribution in [0.3, 0.4) is 0 Å². The van der Waals surface area contributed by atoms with E-state index in [1.54, 1.807) is 13.3 Å². The molecule has 0 aromatic carbocycles. The molecule has 1 fully saturated rings. The summed E-state index contributed by atoms with van der Waals surface area (Å²) in [7, 11) is 1.68. The molecule has 1 aromatic rings. The van der Waals surface area contributed by atoms with Crippen molar-refractivity contribution in [3.05, 3.63) is 28.5 Å². The van der Waals surface area contributed by atoms with Gasteiger partial charge in [0.15, 0.2) is 0 Å². The van der Waals surface area contributed by atoms with E-state index in [2.05, 4.69) is 20.9 Å². The molecular formula is C13H18BrNO2. The lowest BCUT2D eigenvalue weighted by Crippen LogP contribution is -2.47. The van der Waals surface area contributed by atoms with Crippen molar-refractivity contribution in [1.29, 1.82) is 0 Å². The number of methoxy groups -OCH3 is 1. The summed E-state index contributed by atoms with van der Waals surface area (Å²) < 4.78 is 6.37. The molecule has 2 rings (SSSR count). The Kier molecular flexibility index (Phi) is 4.17. The topological polar surface area (TPSA) is 42.4 Å². The number of aromatic nitrogens is 1. The normalized spacial score (nSPS) is 29.2. The fourth-order valence-corrected chi connectivity index (χ4v) is 3.05. The Morgan fingerprint density at radius 2 is 2.35 bits per heavy atom. The predicted molar refractivity (Wildman–Crippen MR) is 69.9 cm³/mol. The molecular weight excluding hydrogens is 282 g/mol. The van der Waals surface area contributed by atoms with Gasteiger partial charge < -0.3 is 9.84 Å². The number of hydrogen-bond donors (Lipinski definition) is 1. The molecule has 0 saturated heterocycles. The van der Waals surface area contributed by atoms with Crippen LogP contribution in [0.1, 0.15) is 31.2 Å². The van der Waals surface area contributed by atoms with Crippen LogP contribution in [0.5, 0.6) is 0 Å². The largest absolute Gasteiger partial charge is 0.387 e. The van der Waals surface area contributed by atoms with Crippen molar-refractivity contribution < 1.29 is 9.84 Å². The summed E-state index contributed by atoms with van der Waals surface area (Å²) in [5.74, 6) is 0. The maximum absolute atomic E-state index is 10.7. The average Bonchev–Trinajstić information content (AvgIpc) is 2.29. The van der Waals surface area contributed by atoms with E-state index in [0.717, 1.165) is 35.7 Å². The molecule has 1 N–H and O–H groups in total. The van der Waals surface area contributed by atoms with Crippen LogP contribution in [-0.4, -0.2) is 28.9 Å². The van der Waals surface area contributed by atoms with E-state index in [1.165, 1.54) is 0 Å². The van der Waals surface area contributed by atoms with E-state index in [1.807, 2.05) is 12.3 Å². The van der Waals surface area contributed by atoms with Gasteiger partial charge in [0.1, 0.15) is 0 Å². The second-order valence-corrected chi connectivity index (χ2v) is 5.68. The minimum absolute atomic E-state index is 0.0600. The number of pyridine rings is 1. The zero-order chi connectivity index (χ0) is 12.3. The summed E-state index contributed by atoms with van der Waals surface area (Å²) in [6, 6.07) is 2.01. The number of aliphatic hydroxyl groups is 1. The highest BCUT2D eigenvalue weighted by atomic mass is 79.9. The van der Waals surface area contributed by atoms with Gasteiger partial charge in [0.2, 0.25) is 0 Å². The molecule has 3 nitrogen and oxygen atoms in total. The van der Waals surface area contributed by atoms with Gasteiger partial charge in [-0.3, -0.25) is 4.98 Å². The SMILES string of the molecule is COC1CCCCC1(O)Cc1cncc(Br)c1. The molecule has 17 heavy (non-hydrogen) atoms. The van der Waals surface area contributed by atoms with Gasteiger partial charge in [-0.15, -0.1) is 0 Å². The first-order chi connectivity index (χ1) is 8.14. The quantitative estimate of drug-likeness (QED) is 0.933. The minimum Gasteiger partial charge on any atom is -0.387 e. The second kappa shape index (κ2) is 5.46. The molecule has 0 bridgehead atoms. The van der Waals surface area contributed by atoms with E-state index < -0.39 is 5.60 Å². The number of rotatable bonds is 3. The van der Waals surface area contributed by atoms with Crippen molar-refractivity contribution in [2.24, 2.45) is 0 Å². The molecule has 1 aromatic heterocycles. The summed E-state index contributed by atoms with van der Waals surface area (Å²) in [6.45, 7) is 0. The summed E-state index contributed by atoms with van der Waals surface area (Å²) >= 11 is 3.40. The van der Waals surface area contributed by atoms with E-state index >= 15 is 0 Å². The Morgan fingerprint density at radius 3 is 3.06 bits per heavy atom. The molecule has 0 amide bonds. The van der Waals surface area contributed by atoms with Crippen molar-refractivity contribution in [2.45, 2.75) is 43.8 Å². The van der Waals surface area contributed by atoms with Gasteiger partial charge in [-0.1, -0.05) is 12.8 Å². The standard InChI is InChI=1S/C13H18BrNO2/c1-17-12-4-2-3-5-13(12,16)7-10-6-11(14)9-15-8-10/h6,8-9,12,16H,2-5,7H2,1H3. The fraction of sp³-hybridized carbons (Fsp3) is 0.615. The summed E-state index contributed by atoms with van der Waals surface area (Å²) in [5.41, 5.74) is 0.306. The molecule has 1 aliphatic carbocycles. The molecule has 1 saturated carbocycles. The molecule has 0 aliphatic heterocycles. The molecule has 1 heterocycles. The third-order valence-electron chi connectivity index (χ3n) is 3.48. The first-order valence-corrected chi connectivity index (χ1v) is 6.78. The van der Waals surface area contributed by atoms with Crippen LogP contribution in [0.2, 0.25) is 0 Å². The van der Waals surface area contributed by atoms with Crippen LogP contribution in [-0.2, 0) is 11.2 Å². The van der Waals surface area contributed by atoms with Crippen molar-refractivity contribution in [2.75, 3.05) is 7.11 Å². The van der Waals surface area contributed by atoms with Crippen LogP contribution < -0.4 is 0 Å². The number of ether oxygens (including phenoxy) is 1. The van der Waals surface area contributed by atoms with Gasteiger partial charge in [-0.05, 0) is 40.4 Å². The van der Waals surface area contributed by atoms with Crippen molar-refractivity contribution in [3.63, 3.8) is 0 Å². The monoisotopic (exact) mass is 299 g/mol. The predicted octanol–water partition coefficient (Wildman–Crippen LogP) is 2.71. The Bertz CT molecular complexity index is 385. The van der Waals surface area contributed by atoms with Crippen molar-refractivity contribution in [1.82, 2.24) is 4.98 Å². The maximum Gasteiger partial charge on any atom is 0.0948 e. The zero-order valence-corrected chi connectivity index (χ0v) is 11.6. The van der Waals surface area contributed by atoms with E-state index in [9.17, 15) is 5.11 Å². The van der Waals surface area contributed by atoms with Gasteiger partial charge in [-0.2, -0.15) is 0 Å². The average molecular weight is 300 g/mol. The summed E-state index contributed by atoms with van der Waals surface area (Å²) in [4.78, 5) is 4.13. The number of hydrogen-bond acceptors (Lipinski definition) is 3. The van der Waals surface area contributed by atoms with Crippen LogP contribution in [0.15, 0.2) is 22.9 Å². The third-order valence-corrected chi connectivity index (χ3v) is 3.92. The Hall–Kier alpha value is -0.450. The maximum atomic E-state index is 10.7. The van der Waals surface area contributed by atoms with Gasteiger partial charge in [0.25, 0.3) is 0 Å². The smallest absolute Gasteiger partial charge is 0.0948 e. The van der Waals surface area contributed by atoms with Crippen LogP contribution >= 0.6 is 15.9 Å². The lowest BCUT2D eigenvalue weighted by molar-refractivity contribution is -0.116. The molecule has 4 heteroatoms. The highest BCUT2D eigenvalue weighted by molar-refractivity contribution is 9.10. The summed E-state index contributed by atoms with van der Waals surface area (Å²) in [5, 5.41) is 10.7. The van der Waals surface area contributed by atoms with Gasteiger partial charge >= 0.3 is 0 Å². The molecule has 1 aliphatic rings. The third kappa shape index (κ3) is 3.06. The minimum atomic E-state index is -0.741. The Morgan fingerprint density at radius 1 is 1.53 bits per heavy atom. The zero-order valence-electron chi connectivity index (χ0n) is 10.0. The molecule has 94 valence electrons. The van der Waals surface area contributed by atoms with E-state index in [4.69, 9.17) is 4.74 Å². The van der Waals surface area contributed by atoms with Gasteiger partial charge in [0.05, 0.1) is 11.7 Å². The Balaban J connectivity index is 2.14. The Labute approximate surface area is 110 Å². The first-order valence-electron chi connectivity index (χ1n) is 5.99. The van der Waals surface area contributed by atoms with Crippen LogP contribution in [0.4, 0.5) is 0 Å². The lowest BCUT2D eigenvalue weighted by Gasteiger charge is -2.39. The first kappa shape index (κ1) is 13.0. The van der Waals surface area contributed by atoms with Crippen molar-refractivity contribution in [3.8, 4) is 0 Å². The highest BCUT2D eigenvalue weighted by Gasteiger charge is 2.39. The lowest BCUT2D eigenvalue weighted by atomic mass is 9.78. The number of nitrogens with zero attached hydrogens (tertiary/aromatic N) is 1. The van der Waals surface area contributed by atoms with E-state index in [0.29, 0.717) is 6.42 Å². The second-order valence-electron chi connectivity index (χ2n) is 4.76. The van der Waals surface area contributed by atoms with E-state index in [-0.39, 0.29) is 6.10 Å². The fourth-order valence-electron chi connectivity index (χ4n) is 2.64.